The van der Waals surface area contributed by atoms with E-state index in [0.29, 0.717) is 12.7 Å². The van der Waals surface area contributed by atoms with Crippen LogP contribution >= 0.6 is 11.3 Å². The number of sulfonamides is 1. The molecular weight excluding hydrogens is 354 g/mol. The molecule has 0 saturated heterocycles. The fourth-order valence-electron chi connectivity index (χ4n) is 2.72. The molecule has 0 fully saturated rings. The van der Waals surface area contributed by atoms with Crippen molar-refractivity contribution in [1.82, 2.24) is 4.72 Å². The van der Waals surface area contributed by atoms with E-state index < -0.39 is 16.1 Å². The van der Waals surface area contributed by atoms with Crippen LogP contribution in [0.2, 0.25) is 0 Å². The molecule has 1 heterocycles. The highest BCUT2D eigenvalue weighted by atomic mass is 32.2. The van der Waals surface area contributed by atoms with E-state index in [-0.39, 0.29) is 4.21 Å². The first-order valence-corrected chi connectivity index (χ1v) is 10.1. The van der Waals surface area contributed by atoms with Crippen molar-refractivity contribution in [2.45, 2.75) is 16.7 Å². The van der Waals surface area contributed by atoms with Gasteiger partial charge in [0.25, 0.3) is 10.0 Å². The van der Waals surface area contributed by atoms with Crippen molar-refractivity contribution in [2.75, 3.05) is 0 Å². The number of benzene rings is 2. The maximum atomic E-state index is 12.7. The van der Waals surface area contributed by atoms with E-state index in [4.69, 9.17) is 0 Å². The summed E-state index contributed by atoms with van der Waals surface area (Å²) in [4.78, 5) is 10.6. The van der Waals surface area contributed by atoms with Gasteiger partial charge in [-0.2, -0.15) is 0 Å². The Bertz CT molecular complexity index is 987. The highest BCUT2D eigenvalue weighted by Crippen LogP contribution is 2.29. The molecule has 0 aliphatic carbocycles. The molecule has 0 radical (unpaired) electrons. The number of fused-ring (bicyclic) bond motifs is 1. The van der Waals surface area contributed by atoms with E-state index in [1.165, 1.54) is 17.4 Å². The lowest BCUT2D eigenvalue weighted by molar-refractivity contribution is -0.104. The lowest BCUT2D eigenvalue weighted by Crippen LogP contribution is -2.28. The average molecular weight is 371 g/mol. The van der Waals surface area contributed by atoms with Crippen LogP contribution in [0.1, 0.15) is 18.0 Å². The smallest absolute Gasteiger partial charge is 0.250 e. The molecule has 6 heteroatoms. The van der Waals surface area contributed by atoms with Crippen LogP contribution < -0.4 is 4.72 Å². The van der Waals surface area contributed by atoms with Gasteiger partial charge >= 0.3 is 0 Å². The first-order chi connectivity index (χ1) is 12.1. The SMILES string of the molecule is O=C/C=C/C[C@@H](NS(=O)(=O)c1cccs1)c1cccc2ccccc12. The van der Waals surface area contributed by atoms with Crippen molar-refractivity contribution in [2.24, 2.45) is 0 Å². The van der Waals surface area contributed by atoms with Crippen molar-refractivity contribution in [3.8, 4) is 0 Å². The maximum Gasteiger partial charge on any atom is 0.250 e. The van der Waals surface area contributed by atoms with Gasteiger partial charge in [-0.15, -0.1) is 11.3 Å². The molecule has 0 amide bonds. The predicted octanol–water partition coefficient (Wildman–Crippen LogP) is 4.07. The van der Waals surface area contributed by atoms with E-state index in [2.05, 4.69) is 4.72 Å². The van der Waals surface area contributed by atoms with Crippen LogP contribution in [0.4, 0.5) is 0 Å². The lowest BCUT2D eigenvalue weighted by Gasteiger charge is -2.19. The van der Waals surface area contributed by atoms with Gasteiger partial charge in [-0.1, -0.05) is 54.6 Å². The van der Waals surface area contributed by atoms with Crippen molar-refractivity contribution < 1.29 is 13.2 Å². The Balaban J connectivity index is 2.02. The third-order valence-electron chi connectivity index (χ3n) is 3.84. The second-order valence-corrected chi connectivity index (χ2v) is 8.36. The van der Waals surface area contributed by atoms with E-state index in [9.17, 15) is 13.2 Å². The normalized spacial score (nSPS) is 13.3. The molecule has 0 unspecified atom stereocenters. The molecule has 1 aromatic heterocycles. The van der Waals surface area contributed by atoms with Gasteiger partial charge in [-0.05, 0) is 40.3 Å². The minimum atomic E-state index is -3.62. The average Bonchev–Trinajstić information content (AvgIpc) is 3.16. The summed E-state index contributed by atoms with van der Waals surface area (Å²) < 4.78 is 28.4. The molecule has 0 saturated carbocycles. The van der Waals surface area contributed by atoms with Crippen LogP contribution in [0.3, 0.4) is 0 Å². The van der Waals surface area contributed by atoms with E-state index in [1.54, 1.807) is 23.6 Å². The minimum absolute atomic E-state index is 0.275. The zero-order valence-corrected chi connectivity index (χ0v) is 15.0. The highest BCUT2D eigenvalue weighted by Gasteiger charge is 2.22. The van der Waals surface area contributed by atoms with Gasteiger partial charge in [0, 0.05) is 0 Å². The second-order valence-electron chi connectivity index (χ2n) is 5.47. The number of aldehydes is 1. The van der Waals surface area contributed by atoms with Gasteiger partial charge in [0.15, 0.2) is 0 Å². The molecule has 0 aliphatic rings. The largest absolute Gasteiger partial charge is 0.299 e. The van der Waals surface area contributed by atoms with E-state index in [0.717, 1.165) is 16.3 Å². The Morgan fingerprint density at radius 2 is 1.84 bits per heavy atom. The molecule has 3 rings (SSSR count). The number of rotatable bonds is 7. The number of hydrogen-bond donors (Lipinski definition) is 1. The molecule has 128 valence electrons. The Labute approximate surface area is 150 Å². The molecule has 0 aliphatic heterocycles. The zero-order chi connectivity index (χ0) is 17.7. The zero-order valence-electron chi connectivity index (χ0n) is 13.3. The quantitative estimate of drug-likeness (QED) is 0.503. The molecule has 25 heavy (non-hydrogen) atoms. The second kappa shape index (κ2) is 7.74. The predicted molar refractivity (Wildman–Crippen MR) is 101 cm³/mol. The van der Waals surface area contributed by atoms with Crippen LogP contribution in [-0.2, 0) is 14.8 Å². The number of thiophene rings is 1. The summed E-state index contributed by atoms with van der Waals surface area (Å²) in [6, 6.07) is 16.5. The summed E-state index contributed by atoms with van der Waals surface area (Å²) in [5.41, 5.74) is 0.883. The van der Waals surface area contributed by atoms with Gasteiger partial charge in [-0.25, -0.2) is 13.1 Å². The summed E-state index contributed by atoms with van der Waals surface area (Å²) >= 11 is 1.17. The number of carbonyl (C=O) groups excluding carboxylic acids is 1. The lowest BCUT2D eigenvalue weighted by atomic mass is 9.97. The summed E-state index contributed by atoms with van der Waals surface area (Å²) in [6.45, 7) is 0. The molecule has 1 atom stereocenters. The van der Waals surface area contributed by atoms with Crippen LogP contribution in [0.15, 0.2) is 76.3 Å². The van der Waals surface area contributed by atoms with Crippen molar-refractivity contribution >= 4 is 38.4 Å². The van der Waals surface area contributed by atoms with Crippen molar-refractivity contribution in [3.63, 3.8) is 0 Å². The highest BCUT2D eigenvalue weighted by molar-refractivity contribution is 7.91. The van der Waals surface area contributed by atoms with Gasteiger partial charge in [-0.3, -0.25) is 4.79 Å². The molecular formula is C19H17NO3S2. The van der Waals surface area contributed by atoms with Crippen LogP contribution in [0, 0.1) is 0 Å². The molecule has 4 nitrogen and oxygen atoms in total. The fourth-order valence-corrected chi connectivity index (χ4v) is 4.96. The molecule has 0 bridgehead atoms. The third-order valence-corrected chi connectivity index (χ3v) is 6.71. The standard InChI is InChI=1S/C19H17NO3S2/c21-13-4-3-11-18(20-25(22,23)19-12-6-14-24-19)17-10-5-8-15-7-1-2-9-16(15)17/h1-10,12-14,18,20H,11H2/b4-3+/t18-/m1/s1. The van der Waals surface area contributed by atoms with Gasteiger partial charge in [0.2, 0.25) is 0 Å². The van der Waals surface area contributed by atoms with Crippen LogP contribution in [0.5, 0.6) is 0 Å². The summed E-state index contributed by atoms with van der Waals surface area (Å²) in [5, 5.41) is 3.76. The minimum Gasteiger partial charge on any atom is -0.299 e. The van der Waals surface area contributed by atoms with Gasteiger partial charge in [0.1, 0.15) is 10.5 Å². The topological polar surface area (TPSA) is 63.2 Å². The number of allylic oxidation sites excluding steroid dienone is 1. The maximum absolute atomic E-state index is 12.7. The van der Waals surface area contributed by atoms with Crippen molar-refractivity contribution in [3.05, 3.63) is 77.7 Å². The van der Waals surface area contributed by atoms with E-state index >= 15 is 0 Å². The monoisotopic (exact) mass is 371 g/mol. The summed E-state index contributed by atoms with van der Waals surface area (Å²) in [7, 11) is -3.62. The van der Waals surface area contributed by atoms with E-state index in [1.807, 2.05) is 42.5 Å². The Morgan fingerprint density at radius 3 is 2.60 bits per heavy atom. The van der Waals surface area contributed by atoms with Crippen LogP contribution in [0.25, 0.3) is 10.8 Å². The van der Waals surface area contributed by atoms with Crippen molar-refractivity contribution in [1.29, 1.82) is 0 Å². The van der Waals surface area contributed by atoms with Gasteiger partial charge in [0.05, 0.1) is 6.04 Å². The summed E-state index contributed by atoms with van der Waals surface area (Å²) in [5.74, 6) is 0. The Kier molecular flexibility index (Phi) is 5.43. The Morgan fingerprint density at radius 1 is 1.04 bits per heavy atom. The number of hydrogen-bond acceptors (Lipinski definition) is 4. The molecule has 0 spiro atoms. The molecule has 1 N–H and O–H groups in total. The fraction of sp³-hybridized carbons (Fsp3) is 0.105. The number of nitrogens with one attached hydrogen (secondary N) is 1. The first kappa shape index (κ1) is 17.5. The van der Waals surface area contributed by atoms with Gasteiger partial charge < -0.3 is 0 Å². The third kappa shape index (κ3) is 4.04. The number of carbonyl (C=O) groups is 1. The molecule has 3 aromatic rings. The van der Waals surface area contributed by atoms with Crippen LogP contribution in [-0.4, -0.2) is 14.7 Å². The molecule has 2 aromatic carbocycles. The summed E-state index contributed by atoms with van der Waals surface area (Å²) in [6.07, 6.45) is 4.14. The Hall–Kier alpha value is -2.28. The first-order valence-electron chi connectivity index (χ1n) is 7.75.